The summed E-state index contributed by atoms with van der Waals surface area (Å²) in [7, 11) is 0. The van der Waals surface area contributed by atoms with Gasteiger partial charge in [0.15, 0.2) is 17.9 Å². The molecule has 29 N–H and O–H groups in total. The highest BCUT2D eigenvalue weighted by Crippen LogP contribution is 2.25. The summed E-state index contributed by atoms with van der Waals surface area (Å²) in [5, 5.41) is 67.4. The fourth-order valence-corrected chi connectivity index (χ4v) is 12.8. The topological polar surface area (TPSA) is 571 Å². The van der Waals surface area contributed by atoms with Crippen molar-refractivity contribution in [3.63, 3.8) is 0 Å². The first-order valence-corrected chi connectivity index (χ1v) is 36.0. The molecule has 0 fully saturated rings. The molecule has 33 heteroatoms. The number of nitrogens with two attached hydrogens (primary N) is 5. The van der Waals surface area contributed by atoms with Crippen LogP contribution < -0.4 is 87.2 Å². The Labute approximate surface area is 618 Å². The monoisotopic (exact) mass is 1470 g/mol. The molecule has 0 bridgehead atoms. The Morgan fingerprint density at radius 1 is 0.393 bits per heavy atom. The van der Waals surface area contributed by atoms with E-state index in [0.717, 1.165) is 32.7 Å². The molecule has 0 saturated carbocycles. The summed E-state index contributed by atoms with van der Waals surface area (Å²) in [6.07, 6.45) is 8.03. The van der Waals surface area contributed by atoms with Gasteiger partial charge in [0.2, 0.25) is 47.3 Å². The number of amides is 8. The molecule has 4 aromatic carbocycles. The van der Waals surface area contributed by atoms with E-state index in [9.17, 15) is 24.3 Å². The number of unbranched alkanes of at least 4 members (excludes halogenated alkanes) is 1. The summed E-state index contributed by atoms with van der Waals surface area (Å²) < 4.78 is 0. The van der Waals surface area contributed by atoms with Gasteiger partial charge in [0.1, 0.15) is 48.3 Å². The highest BCUT2D eigenvalue weighted by Gasteiger charge is 2.38. The van der Waals surface area contributed by atoms with E-state index in [1.54, 1.807) is 50.8 Å². The molecular formula is C74H101N23O10. The van der Waals surface area contributed by atoms with Crippen molar-refractivity contribution in [2.75, 3.05) is 26.2 Å². The van der Waals surface area contributed by atoms with E-state index in [4.69, 9.17) is 44.9 Å². The van der Waals surface area contributed by atoms with E-state index < -0.39 is 114 Å². The van der Waals surface area contributed by atoms with Crippen molar-refractivity contribution < 1.29 is 48.3 Å². The third kappa shape index (κ3) is 23.5. The van der Waals surface area contributed by atoms with Crippen molar-refractivity contribution in [3.05, 3.63) is 144 Å². The number of H-pyrrole nitrogens is 4. The van der Waals surface area contributed by atoms with Gasteiger partial charge < -0.3 is 112 Å². The molecule has 8 amide bonds. The summed E-state index contributed by atoms with van der Waals surface area (Å²) in [5.41, 5.74) is 34.4. The highest BCUT2D eigenvalue weighted by molar-refractivity contribution is 6.00. The van der Waals surface area contributed by atoms with Crippen LogP contribution in [0.5, 0.6) is 0 Å². The van der Waals surface area contributed by atoms with Crippen molar-refractivity contribution in [3.8, 4) is 0 Å². The number of hydrogen-bond donors (Lipinski definition) is 24. The zero-order chi connectivity index (χ0) is 77.1. The van der Waals surface area contributed by atoms with Crippen LogP contribution >= 0.6 is 0 Å². The minimum atomic E-state index is -1.51. The van der Waals surface area contributed by atoms with Gasteiger partial charge in [-0.25, -0.2) is 4.79 Å². The summed E-state index contributed by atoms with van der Waals surface area (Å²) in [5.74, 6) is -9.58. The third-order valence-electron chi connectivity index (χ3n) is 18.9. The average molecular weight is 1470 g/mol. The molecule has 572 valence electrons. The lowest BCUT2D eigenvalue weighted by Gasteiger charge is -2.30. The lowest BCUT2D eigenvalue weighted by Crippen LogP contribution is -2.61. The van der Waals surface area contributed by atoms with Gasteiger partial charge in [0, 0.05) is 114 Å². The Morgan fingerprint density at radius 3 is 1.01 bits per heavy atom. The van der Waals surface area contributed by atoms with E-state index in [2.05, 4.69) is 78.4 Å². The number of benzene rings is 4. The normalized spacial score (nSPS) is 14.1. The number of carbonyl (C=O) groups is 9. The molecule has 8 rings (SSSR count). The van der Waals surface area contributed by atoms with Gasteiger partial charge in [0.25, 0.3) is 0 Å². The number of guanidine groups is 3. The summed E-state index contributed by atoms with van der Waals surface area (Å²) in [6.45, 7) is 4.09. The maximum atomic E-state index is 15.4. The Balaban J connectivity index is 1.07. The van der Waals surface area contributed by atoms with Crippen LogP contribution in [0.4, 0.5) is 0 Å². The molecule has 33 nitrogen and oxygen atoms in total. The molecule has 107 heavy (non-hydrogen) atoms. The molecule has 0 radical (unpaired) electrons. The lowest BCUT2D eigenvalue weighted by atomic mass is 9.96. The quantitative estimate of drug-likeness (QED) is 0.0145. The zero-order valence-electron chi connectivity index (χ0n) is 60.1. The van der Waals surface area contributed by atoms with E-state index in [1.165, 1.54) is 0 Å². The number of nitrogens with one attached hydrogen (secondary N) is 18. The number of carboxylic acid groups (broad SMARTS) is 1. The molecule has 0 aliphatic carbocycles. The van der Waals surface area contributed by atoms with E-state index in [-0.39, 0.29) is 115 Å². The molecule has 4 aromatic heterocycles. The van der Waals surface area contributed by atoms with E-state index >= 15 is 24.0 Å². The first-order valence-electron chi connectivity index (χ1n) is 36.0. The van der Waals surface area contributed by atoms with Gasteiger partial charge in [-0.3, -0.25) is 54.6 Å². The predicted molar refractivity (Wildman–Crippen MR) is 409 cm³/mol. The van der Waals surface area contributed by atoms with E-state index in [0.29, 0.717) is 52.5 Å². The van der Waals surface area contributed by atoms with Crippen molar-refractivity contribution in [2.24, 2.45) is 34.6 Å². The predicted octanol–water partition coefficient (Wildman–Crippen LogP) is 1.14. The van der Waals surface area contributed by atoms with Gasteiger partial charge in [-0.2, -0.15) is 0 Å². The zero-order valence-corrected chi connectivity index (χ0v) is 60.1. The number of aliphatic carboxylic acids is 1. The SMILES string of the molecule is CC[C@H](C)[C@H](NC(=O)[C@H](Cc1c[nH]c2ccccc12)NC(=O)[C@H](CCCNC(=N)N)NC(=O)[C@H](CCCNC(=N)N)NC(=O)[C@H](Cc1c[nH]c2ccccc12)NC(=O)[C@@H](N)CCCCN)C(=O)N[C@@H](CCCNC(=N)N)C(=O)N[C@@H](Cc1c[nH]c2ccccc12)C(=O)N[C@@H](Cc1c[nH]c2ccccc12)C(=O)O. The van der Waals surface area contributed by atoms with Crippen LogP contribution in [0.3, 0.4) is 0 Å². The van der Waals surface area contributed by atoms with Crippen LogP contribution in [-0.2, 0) is 68.8 Å². The second kappa shape index (κ2) is 39.8. The fourth-order valence-electron chi connectivity index (χ4n) is 12.8. The molecular weight excluding hydrogens is 1370 g/mol. The maximum Gasteiger partial charge on any atom is 0.326 e. The number of fused-ring (bicyclic) bond motifs is 4. The highest BCUT2D eigenvalue weighted by atomic mass is 16.4. The maximum absolute atomic E-state index is 15.4. The van der Waals surface area contributed by atoms with Crippen molar-refractivity contribution >= 4 is 115 Å². The first kappa shape index (κ1) is 80.7. The summed E-state index contributed by atoms with van der Waals surface area (Å²) in [6, 6.07) is 16.7. The van der Waals surface area contributed by atoms with Crippen LogP contribution in [0.2, 0.25) is 0 Å². The molecule has 0 unspecified atom stereocenters. The molecule has 8 aromatic rings. The van der Waals surface area contributed by atoms with Crippen LogP contribution in [0.25, 0.3) is 43.6 Å². The van der Waals surface area contributed by atoms with Crippen LogP contribution in [0, 0.1) is 22.1 Å². The Hall–Kier alpha value is -12.0. The lowest BCUT2D eigenvalue weighted by molar-refractivity contribution is -0.142. The smallest absolute Gasteiger partial charge is 0.326 e. The Bertz CT molecular complexity index is 4410. The molecule has 4 heterocycles. The second-order valence-electron chi connectivity index (χ2n) is 26.7. The number of rotatable bonds is 43. The molecule has 0 saturated heterocycles. The number of hydrogen-bond acceptors (Lipinski definition) is 14. The Morgan fingerprint density at radius 2 is 0.682 bits per heavy atom. The third-order valence-corrected chi connectivity index (χ3v) is 18.9. The number of para-hydroxylation sites is 4. The summed E-state index contributed by atoms with van der Waals surface area (Å²) in [4.78, 5) is 145. The van der Waals surface area contributed by atoms with Crippen molar-refractivity contribution in [1.82, 2.24) is 78.4 Å². The van der Waals surface area contributed by atoms with Crippen LogP contribution in [0.1, 0.15) is 100 Å². The second-order valence-corrected chi connectivity index (χ2v) is 26.7. The van der Waals surface area contributed by atoms with Gasteiger partial charge >= 0.3 is 5.97 Å². The number of aromatic nitrogens is 4. The minimum Gasteiger partial charge on any atom is -0.480 e. The Kier molecular flexibility index (Phi) is 30.0. The molecule has 0 spiro atoms. The van der Waals surface area contributed by atoms with Gasteiger partial charge in [0.05, 0.1) is 6.04 Å². The molecule has 0 aliphatic heterocycles. The largest absolute Gasteiger partial charge is 0.480 e. The minimum absolute atomic E-state index is 0.0408. The summed E-state index contributed by atoms with van der Waals surface area (Å²) >= 11 is 0. The van der Waals surface area contributed by atoms with E-state index in [1.807, 2.05) is 84.9 Å². The number of carboxylic acids is 1. The van der Waals surface area contributed by atoms with Crippen molar-refractivity contribution in [2.45, 2.75) is 158 Å². The average Bonchev–Trinajstić information content (AvgIpc) is 1.79. The van der Waals surface area contributed by atoms with Gasteiger partial charge in [-0.15, -0.1) is 0 Å². The van der Waals surface area contributed by atoms with Gasteiger partial charge in [-0.1, -0.05) is 99.5 Å². The van der Waals surface area contributed by atoms with Crippen LogP contribution in [-0.4, -0.2) is 177 Å². The molecule has 0 aliphatic rings. The number of carbonyl (C=O) groups excluding carboxylic acids is 8. The van der Waals surface area contributed by atoms with Gasteiger partial charge in [-0.05, 0) is 110 Å². The standard InChI is InChI=1S/C74H101N23O10/c1-3-41(2)62(70(105)92-57(28-16-32-85-74(81)82)66(101)94-59(34-43-38-87-52-23-9-5-18-47(43)52)68(103)96-61(71(106)107)36-45-40-89-54-25-11-7-20-49(45)54)97-69(104)60(35-44-39-88-53-24-10-6-19-48(44)53)95-65(100)56(27-15-31-84-73(79)80)90-64(99)55(26-14-30-83-72(77)78)91-67(102)58(93-63(98)50(76)21-12-13-29-75)33-42-37-86-51-22-8-4-17-46(42)51/h4-11,17-20,22-25,37-41,50,55-62,86-89H,3,12-16,21,26-36,75-76H2,1-2H3,(H,90,99)(H,91,102)(H,92,105)(H,93,98)(H,94,101)(H,95,100)(H,96,103)(H,97,104)(H,106,107)(H4,77,78,83)(H4,79,80,84)(H4,81,82,85)/t41-,50-,55-,56-,57-,58-,59-,60-,61-,62-/m0/s1. The fraction of sp³-hybridized carbons (Fsp3) is 0.405. The van der Waals surface area contributed by atoms with Crippen LogP contribution in [0.15, 0.2) is 122 Å². The first-order chi connectivity index (χ1) is 51.4. The molecule has 10 atom stereocenters. The van der Waals surface area contributed by atoms with Crippen molar-refractivity contribution in [1.29, 1.82) is 16.2 Å². The number of aromatic amines is 4.